The predicted molar refractivity (Wildman–Crippen MR) is 127 cm³/mol. The highest BCUT2D eigenvalue weighted by Gasteiger charge is 2.27. The van der Waals surface area contributed by atoms with Crippen LogP contribution < -0.4 is 9.64 Å². The second kappa shape index (κ2) is 9.43. The van der Waals surface area contributed by atoms with Gasteiger partial charge in [-0.15, -0.1) is 0 Å². The summed E-state index contributed by atoms with van der Waals surface area (Å²) in [6.07, 6.45) is 1.56. The Hall–Kier alpha value is -4.07. The number of aromatic nitrogens is 2. The summed E-state index contributed by atoms with van der Waals surface area (Å²) >= 11 is 0. The molecule has 0 spiro atoms. The van der Waals surface area contributed by atoms with Crippen LogP contribution in [0.5, 0.6) is 5.75 Å². The molecule has 7 nitrogen and oxygen atoms in total. The van der Waals surface area contributed by atoms with Crippen molar-refractivity contribution >= 4 is 11.6 Å². The third-order valence-electron chi connectivity index (χ3n) is 5.85. The van der Waals surface area contributed by atoms with Gasteiger partial charge in [-0.05, 0) is 55.5 Å². The number of piperazine rings is 1. The zero-order valence-corrected chi connectivity index (χ0v) is 18.9. The van der Waals surface area contributed by atoms with Crippen LogP contribution in [0.25, 0.3) is 17.1 Å². The van der Waals surface area contributed by atoms with Gasteiger partial charge in [0.15, 0.2) is 5.76 Å². The van der Waals surface area contributed by atoms with Gasteiger partial charge in [-0.25, -0.2) is 9.07 Å². The lowest BCUT2D eigenvalue weighted by Crippen LogP contribution is -2.49. The normalized spacial score (nSPS) is 13.8. The smallest absolute Gasteiger partial charge is 0.272 e. The van der Waals surface area contributed by atoms with Crippen LogP contribution in [-0.2, 0) is 0 Å². The monoisotopic (exact) mass is 460 g/mol. The Morgan fingerprint density at radius 1 is 1.03 bits per heavy atom. The Kier molecular flexibility index (Phi) is 6.03. The number of nitrogens with zero attached hydrogens (tertiary/aromatic N) is 4. The molecule has 0 bridgehead atoms. The zero-order chi connectivity index (χ0) is 23.5. The fourth-order valence-electron chi connectivity index (χ4n) is 4.17. The van der Waals surface area contributed by atoms with Crippen LogP contribution in [-0.4, -0.2) is 53.4 Å². The number of benzene rings is 2. The second-order valence-electron chi connectivity index (χ2n) is 7.96. The lowest BCUT2D eigenvalue weighted by molar-refractivity contribution is 0.0737. The number of para-hydroxylation sites is 2. The molecule has 1 aliphatic heterocycles. The molecule has 0 N–H and O–H groups in total. The largest absolute Gasteiger partial charge is 0.492 e. The summed E-state index contributed by atoms with van der Waals surface area (Å²) in [7, 11) is 0. The molecule has 4 aromatic rings. The van der Waals surface area contributed by atoms with E-state index in [0.717, 1.165) is 11.4 Å². The molecule has 5 rings (SSSR count). The van der Waals surface area contributed by atoms with Crippen LogP contribution in [0.3, 0.4) is 0 Å². The van der Waals surface area contributed by atoms with Gasteiger partial charge >= 0.3 is 0 Å². The molecule has 0 radical (unpaired) electrons. The van der Waals surface area contributed by atoms with E-state index in [1.54, 1.807) is 41.3 Å². The Balaban J connectivity index is 1.39. The van der Waals surface area contributed by atoms with Crippen LogP contribution >= 0.6 is 0 Å². The van der Waals surface area contributed by atoms with Gasteiger partial charge in [0.1, 0.15) is 23.0 Å². The number of furan rings is 1. The van der Waals surface area contributed by atoms with E-state index in [-0.39, 0.29) is 11.7 Å². The van der Waals surface area contributed by atoms with E-state index >= 15 is 0 Å². The van der Waals surface area contributed by atoms with Crippen molar-refractivity contribution in [1.29, 1.82) is 0 Å². The Bertz CT molecular complexity index is 1260. The van der Waals surface area contributed by atoms with Gasteiger partial charge < -0.3 is 19.0 Å². The number of halogens is 1. The van der Waals surface area contributed by atoms with Crippen molar-refractivity contribution in [2.24, 2.45) is 0 Å². The topological polar surface area (TPSA) is 63.7 Å². The minimum atomic E-state index is -0.349. The number of ether oxygens (including phenoxy) is 1. The van der Waals surface area contributed by atoms with Gasteiger partial charge in [-0.1, -0.05) is 12.1 Å². The molecule has 0 saturated carbocycles. The average molecular weight is 461 g/mol. The van der Waals surface area contributed by atoms with Crippen molar-refractivity contribution in [3.8, 4) is 22.9 Å². The first-order chi connectivity index (χ1) is 16.6. The highest BCUT2D eigenvalue weighted by atomic mass is 19.1. The molecule has 174 valence electrons. The summed E-state index contributed by atoms with van der Waals surface area (Å²) in [5, 5.41) is 4.59. The van der Waals surface area contributed by atoms with Crippen LogP contribution in [0.2, 0.25) is 0 Å². The third-order valence-corrected chi connectivity index (χ3v) is 5.85. The molecule has 2 aromatic heterocycles. The molecule has 8 heteroatoms. The first-order valence-corrected chi connectivity index (χ1v) is 11.3. The van der Waals surface area contributed by atoms with E-state index in [0.29, 0.717) is 55.6 Å². The average Bonchev–Trinajstić information content (AvgIpc) is 3.55. The van der Waals surface area contributed by atoms with Gasteiger partial charge in [0.05, 0.1) is 24.2 Å². The number of carbonyl (C=O) groups excluding carboxylic acids is 1. The summed E-state index contributed by atoms with van der Waals surface area (Å²) in [5.74, 6) is 0.931. The lowest BCUT2D eigenvalue weighted by atomic mass is 10.2. The number of anilines is 1. The van der Waals surface area contributed by atoms with Gasteiger partial charge in [-0.2, -0.15) is 5.10 Å². The summed E-state index contributed by atoms with van der Waals surface area (Å²) in [5.41, 5.74) is 2.59. The maximum absolute atomic E-state index is 13.6. The molecule has 0 atom stereocenters. The minimum absolute atomic E-state index is 0.132. The maximum Gasteiger partial charge on any atom is 0.272 e. The Morgan fingerprint density at radius 2 is 1.79 bits per heavy atom. The second-order valence-corrected chi connectivity index (χ2v) is 7.96. The predicted octanol–water partition coefficient (Wildman–Crippen LogP) is 4.63. The Morgan fingerprint density at radius 3 is 2.50 bits per heavy atom. The van der Waals surface area contributed by atoms with Crippen molar-refractivity contribution in [2.75, 3.05) is 37.7 Å². The van der Waals surface area contributed by atoms with Crippen LogP contribution in [0.1, 0.15) is 17.4 Å². The highest BCUT2D eigenvalue weighted by Crippen LogP contribution is 2.29. The van der Waals surface area contributed by atoms with Crippen molar-refractivity contribution in [1.82, 2.24) is 14.7 Å². The first kappa shape index (κ1) is 21.8. The van der Waals surface area contributed by atoms with Gasteiger partial charge in [0.25, 0.3) is 5.91 Å². The van der Waals surface area contributed by atoms with Crippen molar-refractivity contribution in [2.45, 2.75) is 6.92 Å². The molecule has 1 amide bonds. The molecular weight excluding hydrogens is 435 g/mol. The number of carbonyl (C=O) groups is 1. The fraction of sp³-hybridized carbons (Fsp3) is 0.231. The fourth-order valence-corrected chi connectivity index (χ4v) is 4.17. The van der Waals surface area contributed by atoms with Crippen molar-refractivity contribution in [3.05, 3.63) is 84.5 Å². The molecule has 1 fully saturated rings. The third kappa shape index (κ3) is 4.26. The van der Waals surface area contributed by atoms with Crippen LogP contribution in [0, 0.1) is 5.82 Å². The van der Waals surface area contributed by atoms with E-state index in [4.69, 9.17) is 9.15 Å². The maximum atomic E-state index is 13.6. The van der Waals surface area contributed by atoms with Crippen molar-refractivity contribution in [3.63, 3.8) is 0 Å². The number of hydrogen-bond acceptors (Lipinski definition) is 5. The summed E-state index contributed by atoms with van der Waals surface area (Å²) < 4.78 is 26.3. The van der Waals surface area contributed by atoms with E-state index in [9.17, 15) is 9.18 Å². The number of amides is 1. The molecule has 34 heavy (non-hydrogen) atoms. The summed E-state index contributed by atoms with van der Waals surface area (Å²) in [6.45, 7) is 5.06. The van der Waals surface area contributed by atoms with Crippen LogP contribution in [0.4, 0.5) is 10.1 Å². The first-order valence-electron chi connectivity index (χ1n) is 11.3. The zero-order valence-electron chi connectivity index (χ0n) is 18.9. The number of hydrogen-bond donors (Lipinski definition) is 0. The Labute approximate surface area is 197 Å². The molecule has 2 aromatic carbocycles. The van der Waals surface area contributed by atoms with Gasteiger partial charge in [0, 0.05) is 32.2 Å². The van der Waals surface area contributed by atoms with E-state index in [2.05, 4.69) is 10.00 Å². The van der Waals surface area contributed by atoms with Crippen molar-refractivity contribution < 1.29 is 18.3 Å². The molecule has 0 unspecified atom stereocenters. The molecule has 0 aliphatic carbocycles. The van der Waals surface area contributed by atoms with Gasteiger partial charge in [-0.3, -0.25) is 4.79 Å². The highest BCUT2D eigenvalue weighted by molar-refractivity contribution is 5.94. The number of rotatable bonds is 6. The molecule has 1 aliphatic rings. The van der Waals surface area contributed by atoms with E-state index in [1.165, 1.54) is 12.1 Å². The standard InChI is InChI=1S/C26H25FN4O3/c1-2-33-25-7-4-3-6-22(25)29-13-15-30(16-14-29)26(32)23-18-21(24-8-5-17-34-24)28-31(23)20-11-9-19(27)10-12-20/h3-12,17-18H,2,13-16H2,1H3. The lowest BCUT2D eigenvalue weighted by Gasteiger charge is -2.36. The van der Waals surface area contributed by atoms with Crippen LogP contribution in [0.15, 0.2) is 77.4 Å². The molecule has 1 saturated heterocycles. The van der Waals surface area contributed by atoms with E-state index < -0.39 is 0 Å². The summed E-state index contributed by atoms with van der Waals surface area (Å²) in [4.78, 5) is 17.6. The minimum Gasteiger partial charge on any atom is -0.492 e. The quantitative estimate of drug-likeness (QED) is 0.420. The summed E-state index contributed by atoms with van der Waals surface area (Å²) in [6, 6.07) is 19.2. The molecular formula is C26H25FN4O3. The SMILES string of the molecule is CCOc1ccccc1N1CCN(C(=O)c2cc(-c3ccco3)nn2-c2ccc(F)cc2)CC1. The van der Waals surface area contributed by atoms with Gasteiger partial charge in [0.2, 0.25) is 0 Å². The van der Waals surface area contributed by atoms with E-state index in [1.807, 2.05) is 36.1 Å². The molecule has 3 heterocycles.